The number of amides is 1. The number of sulfone groups is 1. The van der Waals surface area contributed by atoms with Gasteiger partial charge in [0.15, 0.2) is 15.6 Å². The fraction of sp³-hybridized carbons (Fsp3) is 0.692. The van der Waals surface area contributed by atoms with E-state index >= 15 is 0 Å². The van der Waals surface area contributed by atoms with Crippen LogP contribution in [0.5, 0.6) is 0 Å². The molecule has 1 saturated heterocycles. The average Bonchev–Trinajstić information content (AvgIpc) is 2.89. The fourth-order valence-corrected chi connectivity index (χ4v) is 4.28. The molecule has 0 bridgehead atoms. The Kier molecular flexibility index (Phi) is 4.17. The molecular weight excluding hydrogens is 280 g/mol. The van der Waals surface area contributed by atoms with Gasteiger partial charge in [0, 0.05) is 12.5 Å². The third-order valence-electron chi connectivity index (χ3n) is 3.52. The summed E-state index contributed by atoms with van der Waals surface area (Å²) in [6.07, 6.45) is 0.613. The Morgan fingerprint density at radius 1 is 1.50 bits per heavy atom. The molecule has 6 nitrogen and oxygen atoms in total. The van der Waals surface area contributed by atoms with Crippen molar-refractivity contribution in [1.82, 2.24) is 10.5 Å². The predicted octanol–water partition coefficient (Wildman–Crippen LogP) is 1.27. The first-order valence-electron chi connectivity index (χ1n) is 6.75. The molecule has 1 atom stereocenters. The molecule has 1 aromatic rings. The van der Waals surface area contributed by atoms with Gasteiger partial charge >= 0.3 is 0 Å². The molecule has 1 fully saturated rings. The molecule has 0 aliphatic carbocycles. The first kappa shape index (κ1) is 15.0. The Labute approximate surface area is 118 Å². The Balaban J connectivity index is 2.01. The summed E-state index contributed by atoms with van der Waals surface area (Å²) in [6, 6.07) is 0. The summed E-state index contributed by atoms with van der Waals surface area (Å²) in [6.45, 7) is 5.96. The molecule has 20 heavy (non-hydrogen) atoms. The molecule has 2 rings (SSSR count). The number of nitrogens with zero attached hydrogens (tertiary/aromatic N) is 1. The highest BCUT2D eigenvalue weighted by Crippen LogP contribution is 2.22. The molecule has 0 aromatic carbocycles. The number of nitrogens with one attached hydrogen (secondary N) is 1. The molecule has 0 radical (unpaired) electrons. The fourth-order valence-electron chi connectivity index (χ4n) is 2.42. The van der Waals surface area contributed by atoms with Gasteiger partial charge in [-0.3, -0.25) is 4.79 Å². The summed E-state index contributed by atoms with van der Waals surface area (Å²) < 4.78 is 27.9. The van der Waals surface area contributed by atoms with Gasteiger partial charge < -0.3 is 9.84 Å². The van der Waals surface area contributed by atoms with Crippen LogP contribution in [0.3, 0.4) is 0 Å². The summed E-state index contributed by atoms with van der Waals surface area (Å²) in [5, 5.41) is 6.63. The van der Waals surface area contributed by atoms with Gasteiger partial charge in [-0.2, -0.15) is 0 Å². The maximum atomic E-state index is 12.2. The third kappa shape index (κ3) is 3.20. The first-order chi connectivity index (χ1) is 9.30. The number of carbonyl (C=O) groups excluding carboxylic acids is 1. The zero-order valence-corrected chi connectivity index (χ0v) is 12.8. The Morgan fingerprint density at radius 2 is 2.20 bits per heavy atom. The first-order valence-corrected chi connectivity index (χ1v) is 8.57. The van der Waals surface area contributed by atoms with Crippen LogP contribution in [-0.2, 0) is 9.84 Å². The van der Waals surface area contributed by atoms with E-state index in [9.17, 15) is 13.2 Å². The second-order valence-corrected chi connectivity index (χ2v) is 7.87. The Hall–Kier alpha value is -1.37. The average molecular weight is 300 g/mol. The standard InChI is InChI=1S/C13H20N2O4S/c1-8(2)12-11(9(3)15-19-12)13(16)14-6-10-4-5-20(17,18)7-10/h8,10H,4-7H2,1-3H3,(H,14,16)/t10-/m1/s1. The largest absolute Gasteiger partial charge is 0.360 e. The van der Waals surface area contributed by atoms with E-state index in [1.807, 2.05) is 13.8 Å². The lowest BCUT2D eigenvalue weighted by Gasteiger charge is -2.10. The lowest BCUT2D eigenvalue weighted by Crippen LogP contribution is -2.30. The quantitative estimate of drug-likeness (QED) is 0.904. The summed E-state index contributed by atoms with van der Waals surface area (Å²) in [7, 11) is -2.91. The predicted molar refractivity (Wildman–Crippen MR) is 74.4 cm³/mol. The molecule has 112 valence electrons. The van der Waals surface area contributed by atoms with Crippen molar-refractivity contribution >= 4 is 15.7 Å². The second-order valence-electron chi connectivity index (χ2n) is 5.64. The van der Waals surface area contributed by atoms with Crippen molar-refractivity contribution in [2.75, 3.05) is 18.1 Å². The van der Waals surface area contributed by atoms with Crippen molar-refractivity contribution in [3.05, 3.63) is 17.0 Å². The maximum absolute atomic E-state index is 12.2. The zero-order chi connectivity index (χ0) is 14.9. The minimum atomic E-state index is -2.91. The van der Waals surface area contributed by atoms with E-state index < -0.39 is 9.84 Å². The third-order valence-corrected chi connectivity index (χ3v) is 5.36. The van der Waals surface area contributed by atoms with Crippen LogP contribution in [0.1, 0.15) is 48.0 Å². The molecule has 1 aromatic heterocycles. The van der Waals surface area contributed by atoms with Gasteiger partial charge in [-0.25, -0.2) is 8.42 Å². The SMILES string of the molecule is Cc1noc(C(C)C)c1C(=O)NC[C@H]1CCS(=O)(=O)C1. The highest BCUT2D eigenvalue weighted by atomic mass is 32.2. The minimum absolute atomic E-state index is 0.00613. The topological polar surface area (TPSA) is 89.3 Å². The molecule has 1 amide bonds. The van der Waals surface area contributed by atoms with Crippen LogP contribution in [0.15, 0.2) is 4.52 Å². The summed E-state index contributed by atoms with van der Waals surface area (Å²) in [4.78, 5) is 12.2. The van der Waals surface area contributed by atoms with Gasteiger partial charge in [0.1, 0.15) is 5.56 Å². The number of rotatable bonds is 4. The van der Waals surface area contributed by atoms with Crippen LogP contribution in [0, 0.1) is 12.8 Å². The Morgan fingerprint density at radius 3 is 2.75 bits per heavy atom. The zero-order valence-electron chi connectivity index (χ0n) is 12.0. The van der Waals surface area contributed by atoms with Crippen molar-refractivity contribution in [3.63, 3.8) is 0 Å². The van der Waals surface area contributed by atoms with Crippen LogP contribution in [0.2, 0.25) is 0 Å². The number of aromatic nitrogens is 1. The van der Waals surface area contributed by atoms with Crippen LogP contribution in [0.4, 0.5) is 0 Å². The van der Waals surface area contributed by atoms with Gasteiger partial charge in [-0.05, 0) is 19.3 Å². The van der Waals surface area contributed by atoms with Gasteiger partial charge in [0.25, 0.3) is 5.91 Å². The summed E-state index contributed by atoms with van der Waals surface area (Å²) in [5.41, 5.74) is 1.03. The summed E-state index contributed by atoms with van der Waals surface area (Å²) >= 11 is 0. The molecule has 0 unspecified atom stereocenters. The van der Waals surface area contributed by atoms with Gasteiger partial charge in [-0.1, -0.05) is 19.0 Å². The molecule has 1 aliphatic heterocycles. The van der Waals surface area contributed by atoms with Crippen LogP contribution in [0.25, 0.3) is 0 Å². The van der Waals surface area contributed by atoms with Gasteiger partial charge in [0.2, 0.25) is 0 Å². The number of carbonyl (C=O) groups is 1. The van der Waals surface area contributed by atoms with E-state index in [1.54, 1.807) is 6.92 Å². The molecular formula is C13H20N2O4S. The second kappa shape index (κ2) is 5.55. The molecule has 0 spiro atoms. The molecule has 1 N–H and O–H groups in total. The van der Waals surface area contributed by atoms with Crippen LogP contribution >= 0.6 is 0 Å². The lowest BCUT2D eigenvalue weighted by atomic mass is 10.0. The van der Waals surface area contributed by atoms with Crippen LogP contribution in [-0.4, -0.2) is 37.5 Å². The van der Waals surface area contributed by atoms with Crippen molar-refractivity contribution < 1.29 is 17.7 Å². The smallest absolute Gasteiger partial charge is 0.256 e. The van der Waals surface area contributed by atoms with Crippen LogP contribution < -0.4 is 5.32 Å². The molecule has 2 heterocycles. The molecule has 0 saturated carbocycles. The van der Waals surface area contributed by atoms with Crippen molar-refractivity contribution in [3.8, 4) is 0 Å². The lowest BCUT2D eigenvalue weighted by molar-refractivity contribution is 0.0945. The van der Waals surface area contributed by atoms with Crippen molar-refractivity contribution in [2.45, 2.75) is 33.1 Å². The molecule has 7 heteroatoms. The van der Waals surface area contributed by atoms with E-state index in [4.69, 9.17) is 4.52 Å². The maximum Gasteiger partial charge on any atom is 0.256 e. The van der Waals surface area contributed by atoms with Gasteiger partial charge in [0.05, 0.1) is 17.2 Å². The highest BCUT2D eigenvalue weighted by Gasteiger charge is 2.29. The van der Waals surface area contributed by atoms with E-state index in [0.717, 1.165) is 0 Å². The van der Waals surface area contributed by atoms with E-state index in [-0.39, 0.29) is 29.2 Å². The van der Waals surface area contributed by atoms with Gasteiger partial charge in [-0.15, -0.1) is 0 Å². The van der Waals surface area contributed by atoms with Crippen molar-refractivity contribution in [2.24, 2.45) is 5.92 Å². The van der Waals surface area contributed by atoms with E-state index in [1.165, 1.54) is 0 Å². The minimum Gasteiger partial charge on any atom is -0.360 e. The van der Waals surface area contributed by atoms with E-state index in [0.29, 0.717) is 30.0 Å². The monoisotopic (exact) mass is 300 g/mol. The van der Waals surface area contributed by atoms with Crippen molar-refractivity contribution in [1.29, 1.82) is 0 Å². The number of aryl methyl sites for hydroxylation is 1. The van der Waals surface area contributed by atoms with E-state index in [2.05, 4.69) is 10.5 Å². The normalized spacial score (nSPS) is 21.3. The molecule has 1 aliphatic rings. The number of hydrogen-bond donors (Lipinski definition) is 1. The Bertz CT molecular complexity index is 604. The summed E-state index contributed by atoms with van der Waals surface area (Å²) in [5.74, 6) is 0.788. The number of hydrogen-bond acceptors (Lipinski definition) is 5. The highest BCUT2D eigenvalue weighted by molar-refractivity contribution is 7.91.